The van der Waals surface area contributed by atoms with E-state index < -0.39 is 27.9 Å². The Morgan fingerprint density at radius 1 is 0.875 bits per heavy atom. The molecule has 0 rings (SSSR count). The van der Waals surface area contributed by atoms with E-state index in [0.717, 1.165) is 0 Å². The van der Waals surface area contributed by atoms with E-state index in [-0.39, 0.29) is 0 Å². The third kappa shape index (κ3) is 62.5. The van der Waals surface area contributed by atoms with Gasteiger partial charge in [-0.2, -0.15) is 0 Å². The van der Waals surface area contributed by atoms with Gasteiger partial charge >= 0.3 is 84.7 Å². The van der Waals surface area contributed by atoms with Crippen molar-refractivity contribution in [2.75, 3.05) is 0 Å². The van der Waals surface area contributed by atoms with Gasteiger partial charge in [-0.15, -0.1) is 0 Å². The van der Waals surface area contributed by atoms with Gasteiger partial charge in [-0.3, -0.25) is 0 Å². The Morgan fingerprint density at radius 2 is 0.875 bits per heavy atom. The molecule has 8 heavy (non-hydrogen) atoms. The maximum atomic E-state index is 5.00. The number of hydrogen-bond acceptors (Lipinski definition) is 0. The zero-order chi connectivity index (χ0) is 7.15. The molecule has 0 amide bonds. The second-order valence-electron chi connectivity index (χ2n) is 0.429. The molecule has 0 N–H and O–H groups in total. The van der Waals surface area contributed by atoms with Gasteiger partial charge in [-0.25, -0.2) is 0 Å². The Morgan fingerprint density at radius 3 is 0.875 bits per heavy atom. The van der Waals surface area contributed by atoms with Gasteiger partial charge in [0.1, 0.15) is 0 Å². The molecule has 0 fully saturated rings. The Hall–Kier alpha value is 3.08. The fourth-order valence-electron chi connectivity index (χ4n) is 0. The average Bonchev–Trinajstić information content (AvgIpc) is 1.25. The van der Waals surface area contributed by atoms with Gasteiger partial charge in [0.15, 0.2) is 0 Å². The normalized spacial score (nSPS) is 9.00. The first kappa shape index (κ1) is 13.7. The van der Waals surface area contributed by atoms with Crippen molar-refractivity contribution in [3.63, 3.8) is 0 Å². The zero-order valence-electron chi connectivity index (χ0n) is 3.27. The van der Waals surface area contributed by atoms with Crippen LogP contribution in [-0.2, 0) is 0 Å². The summed E-state index contributed by atoms with van der Waals surface area (Å²) in [7, 11) is 29.9. The summed E-state index contributed by atoms with van der Waals surface area (Å²) < 4.78 is 0. The van der Waals surface area contributed by atoms with Crippen LogP contribution in [0.2, 0.25) is 0 Å². The minimum atomic E-state index is -2.13. The molecule has 0 aliphatic rings. The molecular formula is Cl6GeSn. The molecule has 0 heterocycles. The minimum absolute atomic E-state index is 1.92. The summed E-state index contributed by atoms with van der Waals surface area (Å²) >= 11 is -4.04. The van der Waals surface area contributed by atoms with E-state index in [0.29, 0.717) is 0 Å². The predicted molar refractivity (Wildman–Crippen MR) is 46.6 cm³/mol. The molecule has 0 saturated heterocycles. The Kier molecular flexibility index (Phi) is 17.2. The first-order valence-corrected chi connectivity index (χ1v) is 20.2. The molecule has 0 atom stereocenters. The SMILES string of the molecule is [Cl][Ge]([Cl])[Cl].[Cl][Sn]([Cl])[Cl]. The van der Waals surface area contributed by atoms with E-state index in [1.165, 1.54) is 0 Å². The monoisotopic (exact) mass is 404 g/mol. The van der Waals surface area contributed by atoms with Crippen molar-refractivity contribution in [2.24, 2.45) is 0 Å². The molecule has 8 heteroatoms. The molecule has 0 unspecified atom stereocenters. The van der Waals surface area contributed by atoms with E-state index in [2.05, 4.69) is 0 Å². The van der Waals surface area contributed by atoms with Gasteiger partial charge in [0.25, 0.3) is 0 Å². The second kappa shape index (κ2) is 10.1. The maximum absolute atomic E-state index is 5.00. The summed E-state index contributed by atoms with van der Waals surface area (Å²) in [6, 6.07) is 0. The molecule has 2 radical (unpaired) electrons. The van der Waals surface area contributed by atoms with Crippen molar-refractivity contribution in [1.82, 2.24) is 0 Å². The van der Waals surface area contributed by atoms with E-state index in [1.807, 2.05) is 0 Å². The number of hydrogen-bond donors (Lipinski definition) is 0. The molecule has 0 aromatic rings. The summed E-state index contributed by atoms with van der Waals surface area (Å²) in [4.78, 5) is 0. The fraction of sp³-hybridized carbons (Fsp3) is 0. The summed E-state index contributed by atoms with van der Waals surface area (Å²) in [5.41, 5.74) is 0. The summed E-state index contributed by atoms with van der Waals surface area (Å²) in [6.07, 6.45) is 0. The van der Waals surface area contributed by atoms with Crippen molar-refractivity contribution in [3.8, 4) is 0 Å². The molecule has 0 aromatic carbocycles. The van der Waals surface area contributed by atoms with Crippen molar-refractivity contribution < 1.29 is 0 Å². The van der Waals surface area contributed by atoms with Crippen molar-refractivity contribution in [1.29, 1.82) is 0 Å². The molecule has 0 nitrogen and oxygen atoms in total. The van der Waals surface area contributed by atoms with Crippen LogP contribution in [0, 0.1) is 0 Å². The van der Waals surface area contributed by atoms with Gasteiger partial charge in [-0.1, -0.05) is 0 Å². The van der Waals surface area contributed by atoms with Crippen LogP contribution in [0.5, 0.6) is 0 Å². The molecule has 0 aliphatic carbocycles. The number of halogens is 6. The van der Waals surface area contributed by atoms with Crippen LogP contribution in [0.1, 0.15) is 0 Å². The number of rotatable bonds is 0. The van der Waals surface area contributed by atoms with Crippen LogP contribution >= 0.6 is 56.8 Å². The van der Waals surface area contributed by atoms with E-state index in [4.69, 9.17) is 56.8 Å². The first-order valence-electron chi connectivity index (χ1n) is 1.13. The molecule has 0 aliphatic heterocycles. The molecule has 0 saturated carbocycles. The van der Waals surface area contributed by atoms with Crippen LogP contribution in [0.3, 0.4) is 0 Å². The quantitative estimate of drug-likeness (QED) is 0.544. The van der Waals surface area contributed by atoms with E-state index in [9.17, 15) is 0 Å². The summed E-state index contributed by atoms with van der Waals surface area (Å²) in [6.45, 7) is 0. The van der Waals surface area contributed by atoms with E-state index >= 15 is 0 Å². The molecular weight excluding hydrogens is 404 g/mol. The van der Waals surface area contributed by atoms with Crippen LogP contribution in [0.4, 0.5) is 0 Å². The third-order valence-corrected chi connectivity index (χ3v) is 0. The standard InChI is InChI=1S/Cl3Ge.3ClH.Sn/c1-4(2)3;;;;/h;3*1H;/q;;;;+3/p-3. The third-order valence-electron chi connectivity index (χ3n) is 0. The van der Waals surface area contributed by atoms with Gasteiger partial charge in [0.2, 0.25) is 0 Å². The zero-order valence-corrected chi connectivity index (χ0v) is 12.8. The molecule has 50 valence electrons. The average molecular weight is 404 g/mol. The van der Waals surface area contributed by atoms with Crippen LogP contribution < -0.4 is 0 Å². The van der Waals surface area contributed by atoms with Crippen molar-refractivity contribution in [3.05, 3.63) is 0 Å². The van der Waals surface area contributed by atoms with Gasteiger partial charge in [-0.05, 0) is 0 Å². The second-order valence-corrected chi connectivity index (χ2v) is 23.0. The van der Waals surface area contributed by atoms with Gasteiger partial charge < -0.3 is 0 Å². The van der Waals surface area contributed by atoms with Crippen LogP contribution in [0.15, 0.2) is 0 Å². The van der Waals surface area contributed by atoms with E-state index in [1.54, 1.807) is 0 Å². The van der Waals surface area contributed by atoms with Gasteiger partial charge in [0.05, 0.1) is 0 Å². The van der Waals surface area contributed by atoms with Crippen LogP contribution in [-0.4, -0.2) is 27.9 Å². The molecule has 0 spiro atoms. The Bertz CT molecular complexity index is 24.0. The fourth-order valence-corrected chi connectivity index (χ4v) is 0. The van der Waals surface area contributed by atoms with Crippen molar-refractivity contribution in [2.45, 2.75) is 0 Å². The van der Waals surface area contributed by atoms with Crippen LogP contribution in [0.25, 0.3) is 0 Å². The first-order chi connectivity index (χ1) is 3.46. The van der Waals surface area contributed by atoms with Crippen molar-refractivity contribution >= 4 is 84.7 Å². The predicted octanol–water partition coefficient (Wildman–Crippen LogP) is 3.38. The topological polar surface area (TPSA) is 0 Å². The van der Waals surface area contributed by atoms with Gasteiger partial charge in [0, 0.05) is 0 Å². The summed E-state index contributed by atoms with van der Waals surface area (Å²) in [5, 5.41) is 0. The Balaban J connectivity index is 0. The molecule has 0 aromatic heterocycles. The summed E-state index contributed by atoms with van der Waals surface area (Å²) in [5.74, 6) is 0. The Labute approximate surface area is 83.2 Å². The molecule has 0 bridgehead atoms.